The SMILES string of the molecule is CC1(C)c2ccccc2-c2ccc(N(C3=CC=C(c4ccc5c(c4)c4ccc(-c6ccc7c(c6)C(C)(C)c6cc(N(c8ccc(-c9ccc%10c(c9)c9ccccc9n%10-c9ccccc9)cc8)c8ccc9c(c8)C(C)(C)c8ccccc8-9)ccc6-7)cc4n5C4C=CC=CC4)C4C=CC=CC34)c3ccccc3)cc21. The van der Waals surface area contributed by atoms with Crippen molar-refractivity contribution in [3.63, 3.8) is 0 Å². The molecule has 3 atom stereocenters. The van der Waals surface area contributed by atoms with Crippen LogP contribution in [0.2, 0.25) is 0 Å². The molecule has 0 aliphatic heterocycles. The van der Waals surface area contributed by atoms with E-state index in [9.17, 15) is 0 Å². The number of hydrogen-bond donors (Lipinski definition) is 0. The minimum atomic E-state index is -0.303. The van der Waals surface area contributed by atoms with Gasteiger partial charge in [0.1, 0.15) is 0 Å². The van der Waals surface area contributed by atoms with E-state index in [4.69, 9.17) is 0 Å². The van der Waals surface area contributed by atoms with E-state index in [1.54, 1.807) is 0 Å². The first kappa shape index (κ1) is 63.0. The van der Waals surface area contributed by atoms with Gasteiger partial charge >= 0.3 is 0 Å². The summed E-state index contributed by atoms with van der Waals surface area (Å²) in [5.74, 6) is 0.246. The van der Waals surface area contributed by atoms with E-state index < -0.39 is 0 Å². The van der Waals surface area contributed by atoms with E-state index in [1.807, 2.05) is 0 Å². The first-order valence-corrected chi connectivity index (χ1v) is 38.1. The fraction of sp³-hybridized carbons (Fsp3) is 0.126. The molecule has 0 spiro atoms. The number of rotatable bonds is 11. The summed E-state index contributed by atoms with van der Waals surface area (Å²) in [6.07, 6.45) is 24.3. The quantitative estimate of drug-likeness (QED) is 0.128. The number of hydrogen-bond acceptors (Lipinski definition) is 2. The van der Waals surface area contributed by atoms with Crippen molar-refractivity contribution in [3.05, 3.63) is 391 Å². The maximum atomic E-state index is 2.62. The van der Waals surface area contributed by atoms with Gasteiger partial charge in [-0.05, 0) is 228 Å². The Bertz CT molecular complexity index is 6450. The minimum absolute atomic E-state index is 0.112. The Labute approximate surface area is 626 Å². The molecule has 512 valence electrons. The van der Waals surface area contributed by atoms with Gasteiger partial charge in [0, 0.05) is 95.0 Å². The molecule has 2 heterocycles. The van der Waals surface area contributed by atoms with Crippen molar-refractivity contribution < 1.29 is 0 Å². The number of benzene rings is 13. The number of para-hydroxylation sites is 3. The lowest BCUT2D eigenvalue weighted by Gasteiger charge is -2.39. The van der Waals surface area contributed by atoms with E-state index >= 15 is 0 Å². The lowest BCUT2D eigenvalue weighted by Crippen LogP contribution is -2.29. The molecule has 0 fully saturated rings. The number of aromatic nitrogens is 2. The molecule has 0 bridgehead atoms. The molecule has 6 aliphatic rings. The third kappa shape index (κ3) is 9.60. The van der Waals surface area contributed by atoms with Crippen molar-refractivity contribution >= 4 is 77.6 Å². The maximum absolute atomic E-state index is 2.62. The minimum Gasteiger partial charge on any atom is -0.333 e. The number of fused-ring (bicyclic) bond motifs is 16. The summed E-state index contributed by atoms with van der Waals surface area (Å²) in [4.78, 5) is 5.01. The van der Waals surface area contributed by atoms with Crippen LogP contribution in [0.15, 0.2) is 352 Å². The van der Waals surface area contributed by atoms with Crippen LogP contribution in [-0.2, 0) is 16.2 Å². The van der Waals surface area contributed by atoms with Crippen LogP contribution in [0.4, 0.5) is 28.4 Å². The molecular weight excluding hydrogens is 1290 g/mol. The zero-order chi connectivity index (χ0) is 71.6. The molecule has 0 saturated heterocycles. The molecule has 13 aromatic carbocycles. The fourth-order valence-electron chi connectivity index (χ4n) is 19.6. The fourth-order valence-corrected chi connectivity index (χ4v) is 19.6. The molecule has 6 aliphatic carbocycles. The van der Waals surface area contributed by atoms with Crippen LogP contribution in [0.3, 0.4) is 0 Å². The summed E-state index contributed by atoms with van der Waals surface area (Å²) >= 11 is 0. The molecule has 0 amide bonds. The lowest BCUT2D eigenvalue weighted by molar-refractivity contribution is 0.626. The zero-order valence-electron chi connectivity index (χ0n) is 61.1. The van der Waals surface area contributed by atoms with Gasteiger partial charge in [0.15, 0.2) is 0 Å². The average molecular weight is 1370 g/mol. The summed E-state index contributed by atoms with van der Waals surface area (Å²) in [7, 11) is 0. The van der Waals surface area contributed by atoms with Crippen molar-refractivity contribution in [1.29, 1.82) is 0 Å². The van der Waals surface area contributed by atoms with Crippen LogP contribution < -0.4 is 9.80 Å². The molecule has 0 saturated carbocycles. The predicted octanol–water partition coefficient (Wildman–Crippen LogP) is 27.1. The molecule has 4 heteroatoms. The third-order valence-electron chi connectivity index (χ3n) is 25.0. The Morgan fingerprint density at radius 1 is 0.299 bits per heavy atom. The average Bonchev–Trinajstić information content (AvgIpc) is 1.65. The van der Waals surface area contributed by atoms with Crippen LogP contribution in [0.5, 0.6) is 0 Å². The smallest absolute Gasteiger partial charge is 0.0560 e. The molecule has 21 rings (SSSR count). The second kappa shape index (κ2) is 23.8. The van der Waals surface area contributed by atoms with Gasteiger partial charge in [0.25, 0.3) is 0 Å². The Morgan fingerprint density at radius 2 is 0.757 bits per heavy atom. The van der Waals surface area contributed by atoms with Crippen molar-refractivity contribution in [3.8, 4) is 61.3 Å². The Hall–Kier alpha value is -12.5. The topological polar surface area (TPSA) is 16.3 Å². The van der Waals surface area contributed by atoms with Gasteiger partial charge in [-0.15, -0.1) is 0 Å². The normalized spacial score (nSPS) is 17.7. The van der Waals surface area contributed by atoms with Crippen LogP contribution in [0.25, 0.3) is 111 Å². The molecule has 15 aromatic rings. The molecule has 0 radical (unpaired) electrons. The van der Waals surface area contributed by atoms with Gasteiger partial charge in [-0.25, -0.2) is 0 Å². The van der Waals surface area contributed by atoms with Crippen molar-refractivity contribution in [2.75, 3.05) is 9.80 Å². The molecule has 3 unspecified atom stereocenters. The van der Waals surface area contributed by atoms with Gasteiger partial charge < -0.3 is 18.9 Å². The lowest BCUT2D eigenvalue weighted by atomic mass is 9.74. The standard InChI is InChI=1S/C103H80N4/c1-101(2)90-35-21-18-31-79(90)82-51-46-74(62-93(82)101)104(73-44-38-65(39-45-73)66-42-55-98-88(58-66)86-34-20-23-37-96(86)106(98)71-26-12-8-13-27-71)75-47-52-84-81-49-40-67(60-92(81)103(5,6)95(84)63-75)68-41-50-87-89-59-69(43-56-99(89)107(100(87)61-68)72-28-14-9-15-29-72)77-54-57-97(85-33-17-16-30-78(77)85)105(70-24-10-7-11-25-70)76-48-53-83-80-32-19-22-36-91(80)102(3,4)94(83)64-76/h7-28,30-64,72,78,85H,29H2,1-6H3. The number of anilines is 5. The van der Waals surface area contributed by atoms with Gasteiger partial charge in [0.05, 0.1) is 22.6 Å². The number of allylic oxidation sites excluding steroid dienone is 11. The van der Waals surface area contributed by atoms with E-state index in [-0.39, 0.29) is 34.1 Å². The Balaban J connectivity index is 0.633. The van der Waals surface area contributed by atoms with Crippen LogP contribution in [-0.4, -0.2) is 9.13 Å². The molecule has 107 heavy (non-hydrogen) atoms. The number of nitrogens with zero attached hydrogens (tertiary/aromatic N) is 4. The second-order valence-electron chi connectivity index (χ2n) is 31.9. The van der Waals surface area contributed by atoms with Crippen molar-refractivity contribution in [2.24, 2.45) is 11.8 Å². The third-order valence-corrected chi connectivity index (χ3v) is 25.0. The first-order valence-electron chi connectivity index (χ1n) is 38.1. The zero-order valence-corrected chi connectivity index (χ0v) is 61.1. The van der Waals surface area contributed by atoms with E-state index in [0.29, 0.717) is 0 Å². The van der Waals surface area contributed by atoms with E-state index in [2.05, 4.69) is 406 Å². The second-order valence-corrected chi connectivity index (χ2v) is 31.9. The summed E-state index contributed by atoms with van der Waals surface area (Å²) in [6, 6.07) is 108. The summed E-state index contributed by atoms with van der Waals surface area (Å²) < 4.78 is 5.01. The highest BCUT2D eigenvalue weighted by molar-refractivity contribution is 6.12. The van der Waals surface area contributed by atoms with E-state index in [1.165, 1.54) is 155 Å². The van der Waals surface area contributed by atoms with Crippen molar-refractivity contribution in [2.45, 2.75) is 70.3 Å². The molecular formula is C103H80N4. The molecule has 2 aromatic heterocycles. The summed E-state index contributed by atoms with van der Waals surface area (Å²) in [5.41, 5.74) is 36.0. The highest BCUT2D eigenvalue weighted by atomic mass is 15.2. The molecule has 4 nitrogen and oxygen atoms in total. The molecule has 0 N–H and O–H groups in total. The highest BCUT2D eigenvalue weighted by Gasteiger charge is 2.41. The predicted molar refractivity (Wildman–Crippen MR) is 450 cm³/mol. The monoisotopic (exact) mass is 1370 g/mol. The van der Waals surface area contributed by atoms with Crippen LogP contribution in [0, 0.1) is 11.8 Å². The van der Waals surface area contributed by atoms with Crippen molar-refractivity contribution in [1.82, 2.24) is 9.13 Å². The van der Waals surface area contributed by atoms with Crippen LogP contribution >= 0.6 is 0 Å². The van der Waals surface area contributed by atoms with E-state index in [0.717, 1.165) is 34.9 Å². The Kier molecular flexibility index (Phi) is 14.0. The van der Waals surface area contributed by atoms with Gasteiger partial charge in [-0.2, -0.15) is 0 Å². The maximum Gasteiger partial charge on any atom is 0.0560 e. The van der Waals surface area contributed by atoms with Gasteiger partial charge in [0.2, 0.25) is 0 Å². The van der Waals surface area contributed by atoms with Gasteiger partial charge in [-0.1, -0.05) is 266 Å². The summed E-state index contributed by atoms with van der Waals surface area (Å²) in [6.45, 7) is 14.4. The summed E-state index contributed by atoms with van der Waals surface area (Å²) in [5, 5.41) is 5.05. The largest absolute Gasteiger partial charge is 0.333 e. The first-order chi connectivity index (χ1) is 52.3. The highest BCUT2D eigenvalue weighted by Crippen LogP contribution is 2.56. The Morgan fingerprint density at radius 3 is 1.43 bits per heavy atom. The van der Waals surface area contributed by atoms with Gasteiger partial charge in [-0.3, -0.25) is 0 Å². The van der Waals surface area contributed by atoms with Crippen LogP contribution in [0.1, 0.15) is 92.9 Å².